The highest BCUT2D eigenvalue weighted by atomic mass is 15.0. The van der Waals surface area contributed by atoms with Gasteiger partial charge in [0.15, 0.2) is 5.82 Å². The molecule has 4 nitrogen and oxygen atoms in total. The summed E-state index contributed by atoms with van der Waals surface area (Å²) in [5.41, 5.74) is 11.3. The van der Waals surface area contributed by atoms with Crippen molar-refractivity contribution >= 4 is 43.5 Å². The second-order valence-corrected chi connectivity index (χ2v) is 12.8. The Morgan fingerprint density at radius 3 is 1.65 bits per heavy atom. The van der Waals surface area contributed by atoms with Gasteiger partial charge < -0.3 is 4.57 Å². The van der Waals surface area contributed by atoms with Crippen molar-refractivity contribution in [3.8, 4) is 50.8 Å². The lowest BCUT2D eigenvalue weighted by molar-refractivity contribution is 1.18. The fourth-order valence-electron chi connectivity index (χ4n) is 7.44. The zero-order valence-electron chi connectivity index (χ0n) is 27.6. The number of hydrogen-bond acceptors (Lipinski definition) is 3. The summed E-state index contributed by atoms with van der Waals surface area (Å²) in [5.74, 6) is 0.705. The van der Waals surface area contributed by atoms with Crippen LogP contribution < -0.4 is 0 Å². The van der Waals surface area contributed by atoms with Crippen molar-refractivity contribution in [1.29, 1.82) is 0 Å². The van der Waals surface area contributed by atoms with Crippen molar-refractivity contribution < 1.29 is 0 Å². The lowest BCUT2D eigenvalue weighted by Crippen LogP contribution is -1.96. The summed E-state index contributed by atoms with van der Waals surface area (Å²) in [5, 5.41) is 5.97. The minimum Gasteiger partial charge on any atom is -0.309 e. The lowest BCUT2D eigenvalue weighted by Gasteiger charge is -2.13. The van der Waals surface area contributed by atoms with E-state index < -0.39 is 0 Å². The number of aromatic nitrogens is 4. The Morgan fingerprint density at radius 1 is 0.353 bits per heavy atom. The van der Waals surface area contributed by atoms with E-state index in [9.17, 15) is 0 Å². The first-order valence-electron chi connectivity index (χ1n) is 17.2. The predicted octanol–water partition coefficient (Wildman–Crippen LogP) is 11.9. The molecule has 0 radical (unpaired) electrons. The summed E-state index contributed by atoms with van der Waals surface area (Å²) in [4.78, 5) is 15.3. The van der Waals surface area contributed by atoms with Crippen LogP contribution in [-0.2, 0) is 0 Å². The van der Waals surface area contributed by atoms with Crippen molar-refractivity contribution in [3.05, 3.63) is 182 Å². The molecule has 51 heavy (non-hydrogen) atoms. The van der Waals surface area contributed by atoms with E-state index in [1.807, 2.05) is 36.4 Å². The number of benzene rings is 7. The van der Waals surface area contributed by atoms with Crippen LogP contribution in [0.4, 0.5) is 0 Å². The first-order valence-corrected chi connectivity index (χ1v) is 17.2. The van der Waals surface area contributed by atoms with Gasteiger partial charge in [0.05, 0.1) is 33.6 Å². The maximum atomic E-state index is 5.30. The van der Waals surface area contributed by atoms with E-state index >= 15 is 0 Å². The van der Waals surface area contributed by atoms with E-state index in [1.165, 1.54) is 27.2 Å². The summed E-state index contributed by atoms with van der Waals surface area (Å²) < 4.78 is 2.38. The van der Waals surface area contributed by atoms with Crippen molar-refractivity contribution in [2.24, 2.45) is 0 Å². The van der Waals surface area contributed by atoms with Gasteiger partial charge in [-0.05, 0) is 36.4 Å². The van der Waals surface area contributed by atoms with Gasteiger partial charge in [0.1, 0.15) is 0 Å². The molecule has 0 saturated carbocycles. The highest BCUT2D eigenvalue weighted by Crippen LogP contribution is 2.42. The van der Waals surface area contributed by atoms with Crippen molar-refractivity contribution in [1.82, 2.24) is 19.5 Å². The molecular weight excluding hydrogens is 621 g/mol. The van der Waals surface area contributed by atoms with Gasteiger partial charge in [0.25, 0.3) is 0 Å². The molecule has 4 heteroatoms. The molecule has 3 aromatic heterocycles. The SMILES string of the molecule is c1ccc(-c2cc(-c3ccc(-c4nc5ccccc5c5c4ccc4c5c5ccccc5n4-c4ccccc4)cc3)nc(-c3ccccc3)n2)cc1. The Balaban J connectivity index is 1.17. The van der Waals surface area contributed by atoms with Crippen LogP contribution in [0.25, 0.3) is 94.3 Å². The highest BCUT2D eigenvalue weighted by Gasteiger charge is 2.19. The van der Waals surface area contributed by atoms with Crippen molar-refractivity contribution in [3.63, 3.8) is 0 Å². The molecular formula is C47H30N4. The van der Waals surface area contributed by atoms with Crippen LogP contribution in [0.2, 0.25) is 0 Å². The number of rotatable bonds is 5. The Hall–Kier alpha value is -6.91. The molecule has 0 spiro atoms. The normalized spacial score (nSPS) is 11.5. The van der Waals surface area contributed by atoms with Gasteiger partial charge in [0, 0.05) is 54.9 Å². The topological polar surface area (TPSA) is 43.6 Å². The van der Waals surface area contributed by atoms with E-state index in [2.05, 4.69) is 150 Å². The third-order valence-corrected chi connectivity index (χ3v) is 9.80. The maximum Gasteiger partial charge on any atom is 0.160 e. The Bertz CT molecular complexity index is 2820. The Kier molecular flexibility index (Phi) is 6.78. The van der Waals surface area contributed by atoms with Crippen LogP contribution in [-0.4, -0.2) is 19.5 Å². The molecule has 0 aliphatic heterocycles. The summed E-state index contributed by atoms with van der Waals surface area (Å²) in [6.45, 7) is 0. The molecule has 238 valence electrons. The van der Waals surface area contributed by atoms with Crippen LogP contribution >= 0.6 is 0 Å². The van der Waals surface area contributed by atoms with E-state index in [4.69, 9.17) is 15.0 Å². The van der Waals surface area contributed by atoms with Crippen LogP contribution in [0.5, 0.6) is 0 Å². The number of hydrogen-bond donors (Lipinski definition) is 0. The number of pyridine rings is 1. The molecule has 0 aliphatic carbocycles. The average molecular weight is 651 g/mol. The summed E-state index contributed by atoms with van der Waals surface area (Å²) >= 11 is 0. The predicted molar refractivity (Wildman–Crippen MR) is 211 cm³/mol. The summed E-state index contributed by atoms with van der Waals surface area (Å²) in [6, 6.07) is 63.6. The molecule has 0 amide bonds. The summed E-state index contributed by atoms with van der Waals surface area (Å²) in [6.07, 6.45) is 0. The van der Waals surface area contributed by atoms with Crippen molar-refractivity contribution in [2.45, 2.75) is 0 Å². The molecule has 0 bridgehead atoms. The second kappa shape index (κ2) is 11.9. The highest BCUT2D eigenvalue weighted by molar-refractivity contribution is 6.29. The third-order valence-electron chi connectivity index (χ3n) is 9.80. The fourth-order valence-corrected chi connectivity index (χ4v) is 7.44. The number of nitrogens with zero attached hydrogens (tertiary/aromatic N) is 4. The first kappa shape index (κ1) is 29.0. The Labute approximate surface area is 295 Å². The van der Waals surface area contributed by atoms with Gasteiger partial charge in [-0.3, -0.25) is 0 Å². The lowest BCUT2D eigenvalue weighted by atomic mass is 9.95. The smallest absolute Gasteiger partial charge is 0.160 e. The first-order chi connectivity index (χ1) is 25.3. The standard InChI is InChI=1S/C47H30N4/c1-4-14-31(15-5-1)40-30-41(50-47(49-40)34-16-6-2-7-17-34)32-24-26-33(27-25-32)46-38-28-29-43-45(44(38)36-20-10-12-22-39(36)48-46)37-21-11-13-23-42(37)51(43)35-18-8-3-9-19-35/h1-30H. The molecule has 0 saturated heterocycles. The average Bonchev–Trinajstić information content (AvgIpc) is 3.56. The largest absolute Gasteiger partial charge is 0.309 e. The van der Waals surface area contributed by atoms with Gasteiger partial charge in [-0.25, -0.2) is 15.0 Å². The minimum absolute atomic E-state index is 0.705. The fraction of sp³-hybridized carbons (Fsp3) is 0. The second-order valence-electron chi connectivity index (χ2n) is 12.8. The monoisotopic (exact) mass is 650 g/mol. The van der Waals surface area contributed by atoms with Gasteiger partial charge in [-0.1, -0.05) is 146 Å². The van der Waals surface area contributed by atoms with Crippen LogP contribution in [0, 0.1) is 0 Å². The third kappa shape index (κ3) is 4.88. The molecule has 10 rings (SSSR count). The van der Waals surface area contributed by atoms with E-state index in [-0.39, 0.29) is 0 Å². The number of fused-ring (bicyclic) bond motifs is 7. The van der Waals surface area contributed by atoms with Gasteiger partial charge >= 0.3 is 0 Å². The molecule has 0 atom stereocenters. The molecule has 0 unspecified atom stereocenters. The zero-order chi connectivity index (χ0) is 33.7. The molecule has 0 fully saturated rings. The van der Waals surface area contributed by atoms with Gasteiger partial charge in [-0.2, -0.15) is 0 Å². The van der Waals surface area contributed by atoms with Gasteiger partial charge in [-0.15, -0.1) is 0 Å². The van der Waals surface area contributed by atoms with E-state index in [0.29, 0.717) is 5.82 Å². The quantitative estimate of drug-likeness (QED) is 0.174. The van der Waals surface area contributed by atoms with Gasteiger partial charge in [0.2, 0.25) is 0 Å². The Morgan fingerprint density at radius 2 is 0.922 bits per heavy atom. The summed E-state index contributed by atoms with van der Waals surface area (Å²) in [7, 11) is 0. The molecule has 3 heterocycles. The van der Waals surface area contributed by atoms with Crippen molar-refractivity contribution in [2.75, 3.05) is 0 Å². The van der Waals surface area contributed by atoms with Crippen LogP contribution in [0.1, 0.15) is 0 Å². The zero-order valence-corrected chi connectivity index (χ0v) is 27.6. The van der Waals surface area contributed by atoms with E-state index in [0.717, 1.165) is 61.3 Å². The van der Waals surface area contributed by atoms with E-state index in [1.54, 1.807) is 0 Å². The van der Waals surface area contributed by atoms with Crippen LogP contribution in [0.15, 0.2) is 182 Å². The molecule has 0 aliphatic rings. The molecule has 7 aromatic carbocycles. The van der Waals surface area contributed by atoms with Crippen LogP contribution in [0.3, 0.4) is 0 Å². The molecule has 0 N–H and O–H groups in total. The molecule has 10 aromatic rings. The minimum atomic E-state index is 0.705. The maximum absolute atomic E-state index is 5.30. The number of para-hydroxylation sites is 3.